The van der Waals surface area contributed by atoms with E-state index in [-0.39, 0.29) is 42.4 Å². The van der Waals surface area contributed by atoms with Crippen LogP contribution in [0.2, 0.25) is 0 Å². The molecule has 3 heterocycles. The molecule has 0 radical (unpaired) electrons. The molecule has 0 aliphatic carbocycles. The van der Waals surface area contributed by atoms with Crippen LogP contribution in [0.4, 0.5) is 22.0 Å². The summed E-state index contributed by atoms with van der Waals surface area (Å²) in [5, 5.41) is 7.09. The van der Waals surface area contributed by atoms with E-state index in [1.165, 1.54) is 16.4 Å². The minimum absolute atomic E-state index is 0.0700. The Morgan fingerprint density at radius 2 is 1.77 bits per heavy atom. The van der Waals surface area contributed by atoms with Crippen molar-refractivity contribution in [3.05, 3.63) is 65.4 Å². The number of nitrogens with two attached hydrogens (primary N) is 1. The van der Waals surface area contributed by atoms with Crippen LogP contribution in [0.25, 0.3) is 0 Å². The number of carbonyl (C=O) groups is 2. The molecule has 13 heteroatoms. The molecule has 5 rings (SSSR count). The second kappa shape index (κ2) is 11.3. The van der Waals surface area contributed by atoms with Gasteiger partial charge < -0.3 is 25.6 Å². The zero-order chi connectivity index (χ0) is 28.4. The van der Waals surface area contributed by atoms with Crippen LogP contribution in [0.3, 0.4) is 0 Å². The molecule has 0 spiro atoms. The fraction of sp³-hybridized carbons (Fsp3) is 0.370. The van der Waals surface area contributed by atoms with Crippen molar-refractivity contribution < 1.29 is 22.7 Å². The van der Waals surface area contributed by atoms with Gasteiger partial charge in [-0.05, 0) is 44.3 Å². The molecule has 0 saturated carbocycles. The maximum Gasteiger partial charge on any atom is 0.434 e. The first-order chi connectivity index (χ1) is 19.2. The number of nitrogens with zero attached hydrogens (tertiary/aromatic N) is 5. The summed E-state index contributed by atoms with van der Waals surface area (Å²) in [5.41, 5.74) is 8.72. The van der Waals surface area contributed by atoms with Gasteiger partial charge in [0.15, 0.2) is 5.82 Å². The van der Waals surface area contributed by atoms with Crippen molar-refractivity contribution in [3.63, 3.8) is 0 Å². The van der Waals surface area contributed by atoms with Gasteiger partial charge in [-0.15, -0.1) is 5.10 Å². The van der Waals surface area contributed by atoms with Crippen LogP contribution in [0.15, 0.2) is 53.4 Å². The summed E-state index contributed by atoms with van der Waals surface area (Å²) in [6.07, 6.45) is -0.486. The monoisotopic (exact) mass is 567 g/mol. The van der Waals surface area contributed by atoms with Crippen molar-refractivity contribution in [2.24, 2.45) is 0 Å². The fourth-order valence-corrected chi connectivity index (χ4v) is 6.40. The van der Waals surface area contributed by atoms with Crippen molar-refractivity contribution in [1.29, 1.82) is 0 Å². The van der Waals surface area contributed by atoms with Crippen LogP contribution in [0.5, 0.6) is 0 Å². The Kier molecular flexibility index (Phi) is 7.79. The summed E-state index contributed by atoms with van der Waals surface area (Å²) in [6, 6.07) is 13.4. The highest BCUT2D eigenvalue weighted by molar-refractivity contribution is 7.89. The lowest BCUT2D eigenvalue weighted by molar-refractivity contribution is 0.102. The Morgan fingerprint density at radius 3 is 2.45 bits per heavy atom. The average Bonchev–Trinajstić information content (AvgIpc) is 3.31. The molecule has 212 valence electrons. The molecule has 12 nitrogen and oxygen atoms in total. The van der Waals surface area contributed by atoms with Gasteiger partial charge in [-0.2, -0.15) is 8.99 Å². The first-order valence-corrected chi connectivity index (χ1v) is 14.6. The van der Waals surface area contributed by atoms with Crippen molar-refractivity contribution in [3.8, 4) is 0 Å². The normalized spacial score (nSPS) is 16.4. The van der Waals surface area contributed by atoms with Crippen molar-refractivity contribution >= 4 is 39.2 Å². The second-order valence-electron chi connectivity index (χ2n) is 9.80. The van der Waals surface area contributed by atoms with E-state index < -0.39 is 22.0 Å². The van der Waals surface area contributed by atoms with Crippen LogP contribution in [0, 0.1) is 0 Å². The third-order valence-electron chi connectivity index (χ3n) is 7.22. The van der Waals surface area contributed by atoms with E-state index in [1.807, 2.05) is 6.07 Å². The van der Waals surface area contributed by atoms with Gasteiger partial charge in [-0.25, -0.2) is 13.2 Å². The van der Waals surface area contributed by atoms with Crippen molar-refractivity contribution in [1.82, 2.24) is 19.0 Å². The number of rotatable bonds is 6. The molecule has 1 fully saturated rings. The number of benzene rings is 2. The van der Waals surface area contributed by atoms with Crippen LogP contribution >= 0.6 is 0 Å². The van der Waals surface area contributed by atoms with Crippen molar-refractivity contribution in [2.45, 2.75) is 24.8 Å². The Morgan fingerprint density at radius 1 is 1.05 bits per heavy atom. The first kappa shape index (κ1) is 27.6. The molecule has 2 aliphatic rings. The van der Waals surface area contributed by atoms with E-state index >= 15 is 0 Å². The Hall–Kier alpha value is -3.94. The van der Waals surface area contributed by atoms with E-state index in [2.05, 4.69) is 27.3 Å². The van der Waals surface area contributed by atoms with Gasteiger partial charge in [-0.3, -0.25) is 4.79 Å². The van der Waals surface area contributed by atoms with E-state index in [4.69, 9.17) is 10.5 Å². The molecule has 2 aromatic carbocycles. The Labute approximate surface area is 233 Å². The molecule has 3 aromatic rings. The highest BCUT2D eigenvalue weighted by Gasteiger charge is 2.34. The summed E-state index contributed by atoms with van der Waals surface area (Å²) >= 11 is 0. The third-order valence-corrected chi connectivity index (χ3v) is 9.08. The minimum atomic E-state index is -3.81. The second-order valence-corrected chi connectivity index (χ2v) is 11.7. The number of amides is 1. The summed E-state index contributed by atoms with van der Waals surface area (Å²) in [6.45, 7) is 5.49. The molecule has 0 atom stereocenters. The fourth-order valence-electron chi connectivity index (χ4n) is 4.97. The van der Waals surface area contributed by atoms with Gasteiger partial charge in [0.1, 0.15) is 0 Å². The van der Waals surface area contributed by atoms with Crippen LogP contribution < -0.4 is 16.0 Å². The number of likely N-dealkylation sites (N-methyl/N-ethyl adjacent to an activating group) is 1. The number of hydrogen-bond donors (Lipinski definition) is 2. The quantitative estimate of drug-likeness (QED) is 0.429. The molecular weight excluding hydrogens is 534 g/mol. The van der Waals surface area contributed by atoms with Gasteiger partial charge in [0, 0.05) is 62.6 Å². The van der Waals surface area contributed by atoms with Gasteiger partial charge in [0.25, 0.3) is 5.91 Å². The van der Waals surface area contributed by atoms with E-state index in [1.54, 1.807) is 37.3 Å². The number of anilines is 3. The van der Waals surface area contributed by atoms with E-state index in [0.717, 1.165) is 36.5 Å². The number of piperazine rings is 1. The summed E-state index contributed by atoms with van der Waals surface area (Å²) in [4.78, 5) is 30.6. The van der Waals surface area contributed by atoms with Crippen LogP contribution in [-0.2, 0) is 27.7 Å². The molecule has 0 bridgehead atoms. The lowest BCUT2D eigenvalue weighted by atomic mass is 10.1. The number of fused-ring (bicyclic) bond motifs is 1. The molecule has 1 saturated heterocycles. The maximum atomic E-state index is 13.3. The number of nitrogen functional groups attached to an aromatic ring is 1. The van der Waals surface area contributed by atoms with Gasteiger partial charge in [0.2, 0.25) is 10.0 Å². The number of nitrogens with one attached hydrogen (secondary N) is 1. The number of sulfonamides is 1. The maximum absolute atomic E-state index is 13.3. The summed E-state index contributed by atoms with van der Waals surface area (Å²) in [5.74, 6) is -0.426. The van der Waals surface area contributed by atoms with Crippen molar-refractivity contribution in [2.75, 3.05) is 62.3 Å². The Balaban J connectivity index is 1.42. The topological polar surface area (TPSA) is 143 Å². The van der Waals surface area contributed by atoms with Gasteiger partial charge >= 0.3 is 6.09 Å². The van der Waals surface area contributed by atoms with E-state index in [9.17, 15) is 18.0 Å². The highest BCUT2D eigenvalue weighted by atomic mass is 32.2. The first-order valence-electron chi connectivity index (χ1n) is 13.2. The van der Waals surface area contributed by atoms with Gasteiger partial charge in [-0.1, -0.05) is 18.2 Å². The molecule has 2 aliphatic heterocycles. The summed E-state index contributed by atoms with van der Waals surface area (Å²) in [7, 11) is -1.73. The third kappa shape index (κ3) is 5.40. The smallest absolute Gasteiger partial charge is 0.434 e. The summed E-state index contributed by atoms with van der Waals surface area (Å²) < 4.78 is 34.2. The van der Waals surface area contributed by atoms with Crippen LogP contribution in [0.1, 0.15) is 28.5 Å². The zero-order valence-corrected chi connectivity index (χ0v) is 23.4. The molecular formula is C27H33N7O5S. The molecule has 1 amide bonds. The molecule has 0 unspecified atom stereocenters. The number of hydrogen-bond acceptors (Lipinski definition) is 9. The lowest BCUT2D eigenvalue weighted by Crippen LogP contribution is -2.44. The number of carbonyl (C=O) groups excluding carboxylic acids is 2. The molecule has 3 N–H and O–H groups in total. The predicted octanol–water partition coefficient (Wildman–Crippen LogP) is 2.22. The number of ether oxygens (including phenoxy) is 1. The highest BCUT2D eigenvalue weighted by Crippen LogP contribution is 2.31. The van der Waals surface area contributed by atoms with Gasteiger partial charge in [0.05, 0.1) is 22.8 Å². The lowest BCUT2D eigenvalue weighted by Gasteiger charge is -2.34. The predicted molar refractivity (Wildman–Crippen MR) is 151 cm³/mol. The van der Waals surface area contributed by atoms with E-state index in [0.29, 0.717) is 16.9 Å². The van der Waals surface area contributed by atoms with Crippen LogP contribution in [-0.4, -0.2) is 85.8 Å². The SMILES string of the molecule is CCOC(=O)n1nc(NC(=O)c2ccc(N3CCN(C)CC3)cc2N)c2c1CCN(S(=O)(=O)c1ccccc1)C2. The largest absolute Gasteiger partial charge is 0.448 e. The molecule has 40 heavy (non-hydrogen) atoms. The number of aromatic nitrogens is 2. The Bertz CT molecular complexity index is 1520. The zero-order valence-electron chi connectivity index (χ0n) is 22.5. The molecule has 1 aromatic heterocycles. The standard InChI is InChI=1S/C27H33N7O5S/c1-3-39-27(36)34-24-11-12-33(40(37,38)20-7-5-4-6-8-20)18-22(24)25(30-34)29-26(35)21-10-9-19(17-23(21)28)32-15-13-31(2)14-16-32/h4-10,17H,3,11-16,18,28H2,1-2H3,(H,29,30,35). The average molecular weight is 568 g/mol. The minimum Gasteiger partial charge on any atom is -0.448 e.